The molecule has 2 aromatic heterocycles. The highest BCUT2D eigenvalue weighted by Gasteiger charge is 2.27. The van der Waals surface area contributed by atoms with E-state index in [2.05, 4.69) is 34.2 Å². The lowest BCUT2D eigenvalue weighted by Crippen LogP contribution is -2.39. The van der Waals surface area contributed by atoms with E-state index in [9.17, 15) is 4.79 Å². The molecule has 1 aliphatic heterocycles. The van der Waals surface area contributed by atoms with Gasteiger partial charge < -0.3 is 19.5 Å². The standard InChI is InChI=1S/C25H33N5O3/c1-5-32-20-8-6-19(7-9-20)13-26-22(31)11-10-21-27-24(23-18(4)29-33-25(23)28-21)30-14-16(2)12-17(3)15-30/h6-9,16-17H,5,10-15H2,1-4H3,(H,26,31)/t16-,17+. The largest absolute Gasteiger partial charge is 0.494 e. The molecule has 2 atom stereocenters. The Morgan fingerprint density at radius 1 is 1.18 bits per heavy atom. The van der Waals surface area contributed by atoms with E-state index in [1.165, 1.54) is 6.42 Å². The Balaban J connectivity index is 1.41. The summed E-state index contributed by atoms with van der Waals surface area (Å²) in [7, 11) is 0. The van der Waals surface area contributed by atoms with Crippen LogP contribution in [0, 0.1) is 18.8 Å². The van der Waals surface area contributed by atoms with Crippen LogP contribution in [-0.4, -0.2) is 40.7 Å². The molecule has 0 spiro atoms. The Bertz CT molecular complexity index is 1090. The number of hydrogen-bond acceptors (Lipinski definition) is 7. The molecule has 33 heavy (non-hydrogen) atoms. The average Bonchev–Trinajstić information content (AvgIpc) is 3.17. The van der Waals surface area contributed by atoms with Gasteiger partial charge in [0.1, 0.15) is 22.8 Å². The molecule has 4 rings (SSSR count). The van der Waals surface area contributed by atoms with Crippen LogP contribution in [0.1, 0.15) is 50.7 Å². The van der Waals surface area contributed by atoms with E-state index in [0.29, 0.717) is 49.4 Å². The highest BCUT2D eigenvalue weighted by Crippen LogP contribution is 2.32. The zero-order valence-electron chi connectivity index (χ0n) is 19.9. The van der Waals surface area contributed by atoms with E-state index < -0.39 is 0 Å². The molecule has 1 fully saturated rings. The molecule has 1 N–H and O–H groups in total. The third-order valence-electron chi connectivity index (χ3n) is 6.00. The zero-order chi connectivity index (χ0) is 23.4. The van der Waals surface area contributed by atoms with Crippen molar-refractivity contribution in [2.45, 2.75) is 53.5 Å². The lowest BCUT2D eigenvalue weighted by Gasteiger charge is -2.36. The molecule has 1 amide bonds. The topological polar surface area (TPSA) is 93.4 Å². The van der Waals surface area contributed by atoms with Crippen molar-refractivity contribution in [1.29, 1.82) is 0 Å². The second kappa shape index (κ2) is 10.2. The lowest BCUT2D eigenvalue weighted by atomic mass is 9.92. The van der Waals surface area contributed by atoms with E-state index in [1.807, 2.05) is 38.1 Å². The highest BCUT2D eigenvalue weighted by atomic mass is 16.5. The maximum Gasteiger partial charge on any atom is 0.263 e. The van der Waals surface area contributed by atoms with Crippen LogP contribution in [0.2, 0.25) is 0 Å². The van der Waals surface area contributed by atoms with E-state index in [4.69, 9.17) is 14.2 Å². The van der Waals surface area contributed by atoms with E-state index in [-0.39, 0.29) is 5.91 Å². The number of anilines is 1. The van der Waals surface area contributed by atoms with Crippen LogP contribution in [0.4, 0.5) is 5.82 Å². The van der Waals surface area contributed by atoms with Gasteiger partial charge in [-0.1, -0.05) is 31.1 Å². The molecule has 3 aromatic rings. The number of carbonyl (C=O) groups is 1. The molecule has 8 nitrogen and oxygen atoms in total. The number of carbonyl (C=O) groups excluding carboxylic acids is 1. The van der Waals surface area contributed by atoms with Crippen molar-refractivity contribution in [3.8, 4) is 5.75 Å². The molecule has 1 saturated heterocycles. The second-order valence-corrected chi connectivity index (χ2v) is 9.12. The summed E-state index contributed by atoms with van der Waals surface area (Å²) in [4.78, 5) is 24.2. The first-order chi connectivity index (χ1) is 15.9. The minimum atomic E-state index is -0.0388. The van der Waals surface area contributed by atoms with Crippen molar-refractivity contribution in [2.24, 2.45) is 11.8 Å². The van der Waals surface area contributed by atoms with Crippen molar-refractivity contribution >= 4 is 22.8 Å². The summed E-state index contributed by atoms with van der Waals surface area (Å²) in [6.45, 7) is 11.4. The molecule has 3 heterocycles. The molecular weight excluding hydrogens is 418 g/mol. The normalized spacial score (nSPS) is 18.5. The van der Waals surface area contributed by atoms with Crippen LogP contribution in [0.25, 0.3) is 11.1 Å². The third kappa shape index (κ3) is 5.61. The van der Waals surface area contributed by atoms with Gasteiger partial charge in [0.2, 0.25) is 5.91 Å². The van der Waals surface area contributed by atoms with Gasteiger partial charge in [-0.2, -0.15) is 4.98 Å². The highest BCUT2D eigenvalue weighted by molar-refractivity contribution is 5.88. The van der Waals surface area contributed by atoms with Gasteiger partial charge >= 0.3 is 0 Å². The first-order valence-electron chi connectivity index (χ1n) is 11.8. The van der Waals surface area contributed by atoms with Crippen molar-refractivity contribution in [3.63, 3.8) is 0 Å². The molecule has 0 saturated carbocycles. The van der Waals surface area contributed by atoms with Crippen LogP contribution in [0.5, 0.6) is 5.75 Å². The Hall–Kier alpha value is -3.16. The number of nitrogens with one attached hydrogen (secondary N) is 1. The Morgan fingerprint density at radius 2 is 1.91 bits per heavy atom. The van der Waals surface area contributed by atoms with Gasteiger partial charge in [-0.3, -0.25) is 4.79 Å². The minimum absolute atomic E-state index is 0.0388. The molecule has 0 unspecified atom stereocenters. The number of rotatable bonds is 8. The van der Waals surface area contributed by atoms with Gasteiger partial charge in [0.25, 0.3) is 5.71 Å². The fourth-order valence-electron chi connectivity index (χ4n) is 4.57. The van der Waals surface area contributed by atoms with Gasteiger partial charge in [-0.25, -0.2) is 4.98 Å². The van der Waals surface area contributed by atoms with E-state index in [0.717, 1.165) is 41.3 Å². The summed E-state index contributed by atoms with van der Waals surface area (Å²) in [5, 5.41) is 7.96. The summed E-state index contributed by atoms with van der Waals surface area (Å²) in [6, 6.07) is 7.75. The number of ether oxygens (including phenoxy) is 1. The number of nitrogens with zero attached hydrogens (tertiary/aromatic N) is 4. The SMILES string of the molecule is CCOc1ccc(CNC(=O)CCc2nc(N3C[C@H](C)C[C@H](C)C3)c3c(C)noc3n2)cc1. The molecule has 1 aliphatic rings. The summed E-state index contributed by atoms with van der Waals surface area (Å²) in [5.74, 6) is 3.46. The molecule has 0 radical (unpaired) electrons. The quantitative estimate of drug-likeness (QED) is 0.552. The Kier molecular flexibility index (Phi) is 7.11. The van der Waals surface area contributed by atoms with Crippen molar-refractivity contribution in [3.05, 3.63) is 41.3 Å². The Labute approximate surface area is 194 Å². The van der Waals surface area contributed by atoms with E-state index in [1.54, 1.807) is 0 Å². The zero-order valence-corrected chi connectivity index (χ0v) is 19.9. The first kappa shape index (κ1) is 23.0. The Morgan fingerprint density at radius 3 is 2.61 bits per heavy atom. The van der Waals surface area contributed by atoms with Crippen LogP contribution in [-0.2, 0) is 17.8 Å². The van der Waals surface area contributed by atoms with Crippen molar-refractivity contribution < 1.29 is 14.1 Å². The predicted molar refractivity (Wildman–Crippen MR) is 127 cm³/mol. The molecule has 1 aromatic carbocycles. The molecule has 176 valence electrons. The molecular formula is C25H33N5O3. The number of aryl methyl sites for hydroxylation is 2. The minimum Gasteiger partial charge on any atom is -0.494 e. The fourth-order valence-corrected chi connectivity index (χ4v) is 4.57. The second-order valence-electron chi connectivity index (χ2n) is 9.12. The van der Waals surface area contributed by atoms with Crippen LogP contribution >= 0.6 is 0 Å². The van der Waals surface area contributed by atoms with Gasteiger partial charge in [-0.15, -0.1) is 0 Å². The lowest BCUT2D eigenvalue weighted by molar-refractivity contribution is -0.121. The molecule has 0 aliphatic carbocycles. The number of hydrogen-bond donors (Lipinski definition) is 1. The van der Waals surface area contributed by atoms with Gasteiger partial charge in [0.15, 0.2) is 0 Å². The third-order valence-corrected chi connectivity index (χ3v) is 6.00. The van der Waals surface area contributed by atoms with Gasteiger partial charge in [0.05, 0.1) is 12.3 Å². The van der Waals surface area contributed by atoms with Crippen molar-refractivity contribution in [2.75, 3.05) is 24.6 Å². The van der Waals surface area contributed by atoms with Gasteiger partial charge in [0, 0.05) is 32.5 Å². The fraction of sp³-hybridized carbons (Fsp3) is 0.520. The van der Waals surface area contributed by atoms with Crippen LogP contribution in [0.3, 0.4) is 0 Å². The predicted octanol–water partition coefficient (Wildman–Crippen LogP) is 4.06. The van der Waals surface area contributed by atoms with Crippen LogP contribution < -0.4 is 15.0 Å². The maximum absolute atomic E-state index is 12.5. The summed E-state index contributed by atoms with van der Waals surface area (Å²) >= 11 is 0. The average molecular weight is 452 g/mol. The number of aromatic nitrogens is 3. The van der Waals surface area contributed by atoms with E-state index >= 15 is 0 Å². The van der Waals surface area contributed by atoms with Crippen molar-refractivity contribution in [1.82, 2.24) is 20.4 Å². The molecule has 0 bridgehead atoms. The number of benzene rings is 1. The number of amides is 1. The monoisotopic (exact) mass is 451 g/mol. The summed E-state index contributed by atoms with van der Waals surface area (Å²) < 4.78 is 10.9. The first-order valence-corrected chi connectivity index (χ1v) is 11.8. The number of piperidine rings is 1. The maximum atomic E-state index is 12.5. The molecule has 8 heteroatoms. The van der Waals surface area contributed by atoms with Crippen LogP contribution in [0.15, 0.2) is 28.8 Å². The smallest absolute Gasteiger partial charge is 0.263 e. The summed E-state index contributed by atoms with van der Waals surface area (Å²) in [6.07, 6.45) is 1.97. The number of fused-ring (bicyclic) bond motifs is 1. The van der Waals surface area contributed by atoms with Gasteiger partial charge in [-0.05, 0) is 49.8 Å². The summed E-state index contributed by atoms with van der Waals surface area (Å²) in [5.41, 5.74) is 2.32.